The van der Waals surface area contributed by atoms with Gasteiger partial charge < -0.3 is 10.2 Å². The van der Waals surface area contributed by atoms with Crippen molar-refractivity contribution in [3.05, 3.63) is 92.7 Å². The molecule has 4 nitrogen and oxygen atoms in total. The Balaban J connectivity index is 1.93. The van der Waals surface area contributed by atoms with Crippen molar-refractivity contribution < 1.29 is 35.9 Å². The highest BCUT2D eigenvalue weighted by molar-refractivity contribution is 7.09. The van der Waals surface area contributed by atoms with E-state index >= 15 is 0 Å². The Bertz CT molecular complexity index is 1270. The topological polar surface area (TPSA) is 49.4 Å². The summed E-state index contributed by atoms with van der Waals surface area (Å²) >= 11 is 1.37. The van der Waals surface area contributed by atoms with Crippen LogP contribution >= 0.6 is 11.3 Å². The highest BCUT2D eigenvalue weighted by atomic mass is 32.1. The Morgan fingerprint density at radius 3 is 2.17 bits per heavy atom. The van der Waals surface area contributed by atoms with Crippen molar-refractivity contribution in [2.24, 2.45) is 0 Å². The Morgan fingerprint density at radius 1 is 1.00 bits per heavy atom. The first-order chi connectivity index (χ1) is 16.7. The van der Waals surface area contributed by atoms with Gasteiger partial charge in [-0.1, -0.05) is 24.3 Å². The molecule has 190 valence electrons. The predicted molar refractivity (Wildman–Crippen MR) is 121 cm³/mol. The summed E-state index contributed by atoms with van der Waals surface area (Å²) in [5.74, 6) is -2.55. The van der Waals surface area contributed by atoms with Gasteiger partial charge in [-0.3, -0.25) is 9.59 Å². The van der Waals surface area contributed by atoms with Crippen LogP contribution in [0.25, 0.3) is 0 Å². The first-order valence-electron chi connectivity index (χ1n) is 10.7. The van der Waals surface area contributed by atoms with E-state index in [1.54, 1.807) is 29.6 Å². The molecule has 0 spiro atoms. The summed E-state index contributed by atoms with van der Waals surface area (Å²) in [6.45, 7) is 1.42. The van der Waals surface area contributed by atoms with Crippen molar-refractivity contribution in [2.45, 2.75) is 37.3 Å². The number of likely N-dealkylation sites (N-methyl/N-ethyl adjacent to an activating group) is 1. The number of fused-ring (bicyclic) bond motifs is 1. The molecule has 2 unspecified atom stereocenters. The highest BCUT2D eigenvalue weighted by Gasteiger charge is 2.52. The Kier molecular flexibility index (Phi) is 6.40. The molecule has 2 aromatic carbocycles. The van der Waals surface area contributed by atoms with Gasteiger partial charge in [-0.2, -0.15) is 26.3 Å². The molecule has 1 N–H and O–H groups in total. The third-order valence-corrected chi connectivity index (χ3v) is 7.39. The number of carbonyl (C=O) groups is 2. The maximum atomic E-state index is 13.6. The standard InChI is InChI=1S/C25H20F6N2O2S/c1-23(14-10-15(24(26,27)28)12-16(11-14)25(29,30)31)20(21(34)32-13-17-6-5-9-36-17)18-7-3-4-8-19(18)22(35)33(23)2/h3-12,20H,13H2,1-2H3,(H,32,34). The van der Waals surface area contributed by atoms with Crippen LogP contribution in [0.3, 0.4) is 0 Å². The molecule has 3 aromatic rings. The summed E-state index contributed by atoms with van der Waals surface area (Å²) < 4.78 is 81.9. The van der Waals surface area contributed by atoms with E-state index in [1.165, 1.54) is 37.4 Å². The molecule has 0 saturated carbocycles. The van der Waals surface area contributed by atoms with Crippen LogP contribution in [-0.2, 0) is 29.2 Å². The van der Waals surface area contributed by atoms with Gasteiger partial charge in [-0.25, -0.2) is 0 Å². The number of amides is 2. The van der Waals surface area contributed by atoms with E-state index in [9.17, 15) is 35.9 Å². The van der Waals surface area contributed by atoms with Crippen molar-refractivity contribution in [1.82, 2.24) is 10.2 Å². The zero-order valence-electron chi connectivity index (χ0n) is 19.0. The van der Waals surface area contributed by atoms with Crippen LogP contribution in [-0.4, -0.2) is 23.8 Å². The van der Waals surface area contributed by atoms with Crippen LogP contribution < -0.4 is 5.32 Å². The van der Waals surface area contributed by atoms with Gasteiger partial charge in [0, 0.05) is 17.5 Å². The molecule has 2 atom stereocenters. The van der Waals surface area contributed by atoms with Gasteiger partial charge in [0.2, 0.25) is 5.91 Å². The lowest BCUT2D eigenvalue weighted by atomic mass is 9.69. The minimum Gasteiger partial charge on any atom is -0.351 e. The van der Waals surface area contributed by atoms with E-state index in [0.717, 1.165) is 9.78 Å². The quantitative estimate of drug-likeness (QED) is 0.413. The van der Waals surface area contributed by atoms with Crippen molar-refractivity contribution in [3.8, 4) is 0 Å². The van der Waals surface area contributed by atoms with Gasteiger partial charge in [-0.15, -0.1) is 11.3 Å². The molecule has 1 aliphatic heterocycles. The molecular formula is C25H20F6N2O2S. The summed E-state index contributed by atoms with van der Waals surface area (Å²) in [7, 11) is 1.27. The van der Waals surface area contributed by atoms with Crippen molar-refractivity contribution >= 4 is 23.2 Å². The third kappa shape index (κ3) is 4.47. The SMILES string of the molecule is CN1C(=O)c2ccccc2C(C(=O)NCc2cccs2)C1(C)c1cc(C(F)(F)F)cc(C(F)(F)F)c1. The van der Waals surface area contributed by atoms with E-state index in [1.807, 2.05) is 0 Å². The monoisotopic (exact) mass is 526 g/mol. The van der Waals surface area contributed by atoms with E-state index in [2.05, 4.69) is 5.32 Å². The summed E-state index contributed by atoms with van der Waals surface area (Å²) in [4.78, 5) is 28.7. The van der Waals surface area contributed by atoms with E-state index in [0.29, 0.717) is 12.1 Å². The van der Waals surface area contributed by atoms with Crippen LogP contribution in [0.2, 0.25) is 0 Å². The van der Waals surface area contributed by atoms with E-state index in [4.69, 9.17) is 0 Å². The zero-order chi connectivity index (χ0) is 26.5. The number of alkyl halides is 6. The molecule has 0 fully saturated rings. The first kappa shape index (κ1) is 25.7. The third-order valence-electron chi connectivity index (χ3n) is 6.52. The molecule has 0 radical (unpaired) electrons. The van der Waals surface area contributed by atoms with Crippen molar-refractivity contribution in [3.63, 3.8) is 0 Å². The maximum absolute atomic E-state index is 13.6. The van der Waals surface area contributed by atoms with Gasteiger partial charge >= 0.3 is 12.4 Å². The van der Waals surface area contributed by atoms with Gasteiger partial charge in [0.15, 0.2) is 0 Å². The zero-order valence-corrected chi connectivity index (χ0v) is 19.8. The molecule has 11 heteroatoms. The smallest absolute Gasteiger partial charge is 0.351 e. The van der Waals surface area contributed by atoms with Gasteiger partial charge in [0.1, 0.15) is 0 Å². The van der Waals surface area contributed by atoms with Crippen LogP contribution in [0.15, 0.2) is 60.0 Å². The molecule has 2 heterocycles. The van der Waals surface area contributed by atoms with Crippen LogP contribution in [0, 0.1) is 0 Å². The summed E-state index contributed by atoms with van der Waals surface area (Å²) in [5, 5.41) is 4.54. The second-order valence-electron chi connectivity index (χ2n) is 8.62. The van der Waals surface area contributed by atoms with Crippen LogP contribution in [0.1, 0.15) is 50.3 Å². The average molecular weight is 527 g/mol. The second-order valence-corrected chi connectivity index (χ2v) is 9.66. The van der Waals surface area contributed by atoms with Crippen LogP contribution in [0.5, 0.6) is 0 Å². The summed E-state index contributed by atoms with van der Waals surface area (Å²) in [6, 6.07) is 10.8. The lowest BCUT2D eigenvalue weighted by molar-refractivity contribution is -0.143. The lowest BCUT2D eigenvalue weighted by Gasteiger charge is -2.48. The summed E-state index contributed by atoms with van der Waals surface area (Å²) in [6.07, 6.45) is -10.2. The largest absolute Gasteiger partial charge is 0.416 e. The van der Waals surface area contributed by atoms with Crippen molar-refractivity contribution in [1.29, 1.82) is 0 Å². The number of carbonyl (C=O) groups excluding carboxylic acids is 2. The number of benzene rings is 2. The number of thiophene rings is 1. The molecule has 2 amide bonds. The lowest BCUT2D eigenvalue weighted by Crippen LogP contribution is -2.56. The molecule has 0 bridgehead atoms. The first-order valence-corrected chi connectivity index (χ1v) is 11.6. The predicted octanol–water partition coefficient (Wildman–Crippen LogP) is 6.19. The van der Waals surface area contributed by atoms with Gasteiger partial charge in [0.05, 0.1) is 29.1 Å². The number of hydrogen-bond acceptors (Lipinski definition) is 3. The number of halogens is 6. The highest BCUT2D eigenvalue weighted by Crippen LogP contribution is 2.49. The maximum Gasteiger partial charge on any atom is 0.416 e. The van der Waals surface area contributed by atoms with E-state index in [-0.39, 0.29) is 23.7 Å². The Morgan fingerprint density at radius 2 is 1.61 bits per heavy atom. The minimum absolute atomic E-state index is 0.0251. The fraction of sp³-hybridized carbons (Fsp3) is 0.280. The van der Waals surface area contributed by atoms with E-state index < -0.39 is 52.3 Å². The number of nitrogens with zero attached hydrogens (tertiary/aromatic N) is 1. The van der Waals surface area contributed by atoms with Crippen LogP contribution in [0.4, 0.5) is 26.3 Å². The number of hydrogen-bond donors (Lipinski definition) is 1. The fourth-order valence-corrected chi connectivity index (χ4v) is 5.17. The molecule has 1 aromatic heterocycles. The molecule has 4 rings (SSSR count). The molecule has 36 heavy (non-hydrogen) atoms. The Labute approximate surface area is 206 Å². The molecule has 0 saturated heterocycles. The summed E-state index contributed by atoms with van der Waals surface area (Å²) in [5.41, 5.74) is -5.00. The normalized spacial score (nSPS) is 20.3. The van der Waals surface area contributed by atoms with Crippen molar-refractivity contribution in [2.75, 3.05) is 7.05 Å². The second kappa shape index (κ2) is 8.95. The molecule has 0 aliphatic carbocycles. The molecule has 1 aliphatic rings. The van der Waals surface area contributed by atoms with Gasteiger partial charge in [0.25, 0.3) is 5.91 Å². The minimum atomic E-state index is -5.08. The number of rotatable bonds is 4. The van der Waals surface area contributed by atoms with Gasteiger partial charge in [-0.05, 0) is 53.8 Å². The Hall–Kier alpha value is -3.34. The molecular weight excluding hydrogens is 506 g/mol. The number of nitrogens with one attached hydrogen (secondary N) is 1. The average Bonchev–Trinajstić information content (AvgIpc) is 3.34. The fourth-order valence-electron chi connectivity index (χ4n) is 4.52.